The van der Waals surface area contributed by atoms with Crippen molar-refractivity contribution in [3.05, 3.63) is 45.6 Å². The topological polar surface area (TPSA) is 58.4 Å². The molecule has 1 amide bonds. The molecule has 4 nitrogen and oxygen atoms in total. The normalized spacial score (nSPS) is 10.8. The molecule has 1 aromatic heterocycles. The summed E-state index contributed by atoms with van der Waals surface area (Å²) in [6, 6.07) is 7.17. The second kappa shape index (κ2) is 7.45. The van der Waals surface area contributed by atoms with Crippen LogP contribution in [0, 0.1) is 0 Å². The number of benzene rings is 1. The summed E-state index contributed by atoms with van der Waals surface area (Å²) >= 11 is 7.53. The average Bonchev–Trinajstić information content (AvgIpc) is 2.93. The van der Waals surface area contributed by atoms with Crippen LogP contribution >= 0.6 is 22.9 Å². The number of carbonyl (C=O) groups excluding carboxylic acids is 1. The summed E-state index contributed by atoms with van der Waals surface area (Å²) in [5, 5.41) is 7.49. The minimum Gasteiger partial charge on any atom is -0.397 e. The summed E-state index contributed by atoms with van der Waals surface area (Å²) in [6.45, 7) is 1.55. The van der Waals surface area contributed by atoms with E-state index in [4.69, 9.17) is 17.3 Å². The van der Waals surface area contributed by atoms with Crippen molar-refractivity contribution in [2.24, 2.45) is 0 Å². The Hall–Kier alpha value is -1.56. The number of nitrogens with two attached hydrogens (primary N) is 1. The van der Waals surface area contributed by atoms with Gasteiger partial charge in [0.1, 0.15) is 0 Å². The zero-order valence-electron chi connectivity index (χ0n) is 11.8. The quantitative estimate of drug-likeness (QED) is 0.801. The first-order valence-corrected chi connectivity index (χ1v) is 7.91. The van der Waals surface area contributed by atoms with Crippen molar-refractivity contribution in [3.8, 4) is 0 Å². The summed E-state index contributed by atoms with van der Waals surface area (Å²) in [4.78, 5) is 14.0. The second-order valence-corrected chi connectivity index (χ2v) is 6.09. The number of anilines is 2. The van der Waals surface area contributed by atoms with Gasteiger partial charge in [-0.25, -0.2) is 0 Å². The lowest BCUT2D eigenvalue weighted by atomic mass is 10.2. The molecule has 0 unspecified atom stereocenters. The maximum absolute atomic E-state index is 11.9. The fraction of sp³-hybridized carbons (Fsp3) is 0.267. The molecule has 0 aliphatic rings. The SMILES string of the molecule is CN(CCC(=O)Nc1ccc(Cl)c(N)c1)Cc1ccsc1. The van der Waals surface area contributed by atoms with E-state index in [0.717, 1.165) is 6.54 Å². The zero-order valence-corrected chi connectivity index (χ0v) is 13.4. The average molecular weight is 324 g/mol. The van der Waals surface area contributed by atoms with E-state index in [1.807, 2.05) is 7.05 Å². The van der Waals surface area contributed by atoms with Crippen LogP contribution in [-0.4, -0.2) is 24.4 Å². The molecule has 0 aliphatic carbocycles. The molecule has 0 fully saturated rings. The Bertz CT molecular complexity index is 601. The van der Waals surface area contributed by atoms with Crippen molar-refractivity contribution in [2.75, 3.05) is 24.6 Å². The minimum atomic E-state index is -0.0334. The monoisotopic (exact) mass is 323 g/mol. The van der Waals surface area contributed by atoms with Gasteiger partial charge in [0, 0.05) is 25.2 Å². The maximum atomic E-state index is 11.9. The van der Waals surface area contributed by atoms with Gasteiger partial charge in [-0.2, -0.15) is 11.3 Å². The Balaban J connectivity index is 1.77. The van der Waals surface area contributed by atoms with Crippen LogP contribution in [0.3, 0.4) is 0 Å². The molecule has 2 aromatic rings. The third-order valence-electron chi connectivity index (χ3n) is 3.03. The van der Waals surface area contributed by atoms with Crippen LogP contribution in [0.1, 0.15) is 12.0 Å². The first-order valence-electron chi connectivity index (χ1n) is 6.59. The number of carbonyl (C=O) groups is 1. The standard InChI is InChI=1S/C15H18ClN3OS/c1-19(9-11-5-7-21-10-11)6-4-15(20)18-12-2-3-13(16)14(17)8-12/h2-3,5,7-8,10H,4,6,9,17H2,1H3,(H,18,20). The van der Waals surface area contributed by atoms with E-state index in [0.29, 0.717) is 29.4 Å². The Kier molecular flexibility index (Phi) is 5.61. The number of nitrogens with one attached hydrogen (secondary N) is 1. The molecule has 6 heteroatoms. The fourth-order valence-corrected chi connectivity index (χ4v) is 2.69. The lowest BCUT2D eigenvalue weighted by Gasteiger charge is -2.15. The second-order valence-electron chi connectivity index (χ2n) is 4.90. The molecule has 21 heavy (non-hydrogen) atoms. The Morgan fingerprint density at radius 1 is 1.43 bits per heavy atom. The number of hydrogen-bond donors (Lipinski definition) is 2. The fourth-order valence-electron chi connectivity index (χ4n) is 1.91. The maximum Gasteiger partial charge on any atom is 0.225 e. The molecule has 3 N–H and O–H groups in total. The van der Waals surface area contributed by atoms with Gasteiger partial charge in [-0.3, -0.25) is 4.79 Å². The highest BCUT2D eigenvalue weighted by atomic mass is 35.5. The zero-order chi connectivity index (χ0) is 15.2. The lowest BCUT2D eigenvalue weighted by Crippen LogP contribution is -2.23. The Morgan fingerprint density at radius 3 is 2.90 bits per heavy atom. The highest BCUT2D eigenvalue weighted by Crippen LogP contribution is 2.22. The molecule has 0 radical (unpaired) electrons. The van der Waals surface area contributed by atoms with Gasteiger partial charge in [0.15, 0.2) is 0 Å². The number of hydrogen-bond acceptors (Lipinski definition) is 4. The van der Waals surface area contributed by atoms with Gasteiger partial charge < -0.3 is 16.0 Å². The van der Waals surface area contributed by atoms with E-state index in [2.05, 4.69) is 27.0 Å². The summed E-state index contributed by atoms with van der Waals surface area (Å²) in [5.41, 5.74) is 8.11. The molecule has 1 heterocycles. The van der Waals surface area contributed by atoms with Gasteiger partial charge in [-0.05, 0) is 47.6 Å². The molecule has 2 rings (SSSR count). The summed E-state index contributed by atoms with van der Waals surface area (Å²) in [6.07, 6.45) is 0.434. The van der Waals surface area contributed by atoms with E-state index < -0.39 is 0 Å². The Morgan fingerprint density at radius 2 is 2.24 bits per heavy atom. The molecule has 1 aromatic carbocycles. The Labute approximate surface area is 133 Å². The van der Waals surface area contributed by atoms with E-state index in [9.17, 15) is 4.79 Å². The van der Waals surface area contributed by atoms with Gasteiger partial charge in [0.25, 0.3) is 0 Å². The van der Waals surface area contributed by atoms with Crippen molar-refractivity contribution in [2.45, 2.75) is 13.0 Å². The molecular weight excluding hydrogens is 306 g/mol. The third kappa shape index (κ3) is 5.04. The number of rotatable bonds is 6. The van der Waals surface area contributed by atoms with Gasteiger partial charge in [-0.15, -0.1) is 0 Å². The van der Waals surface area contributed by atoms with Crippen molar-refractivity contribution >= 4 is 40.2 Å². The number of nitrogens with zero attached hydrogens (tertiary/aromatic N) is 1. The number of nitrogen functional groups attached to an aromatic ring is 1. The molecule has 0 atom stereocenters. The molecule has 0 saturated heterocycles. The number of thiophene rings is 1. The van der Waals surface area contributed by atoms with Crippen molar-refractivity contribution in [1.82, 2.24) is 4.90 Å². The minimum absolute atomic E-state index is 0.0334. The number of amides is 1. The lowest BCUT2D eigenvalue weighted by molar-refractivity contribution is -0.116. The van der Waals surface area contributed by atoms with E-state index in [1.165, 1.54) is 5.56 Å². The smallest absolute Gasteiger partial charge is 0.225 e. The molecule has 112 valence electrons. The van der Waals surface area contributed by atoms with E-state index in [-0.39, 0.29) is 5.91 Å². The summed E-state index contributed by atoms with van der Waals surface area (Å²) in [7, 11) is 2.01. The third-order valence-corrected chi connectivity index (χ3v) is 4.11. The van der Waals surface area contributed by atoms with Crippen molar-refractivity contribution < 1.29 is 4.79 Å². The van der Waals surface area contributed by atoms with Crippen LogP contribution in [0.5, 0.6) is 0 Å². The molecule has 0 aliphatic heterocycles. The van der Waals surface area contributed by atoms with Crippen LogP contribution in [-0.2, 0) is 11.3 Å². The highest BCUT2D eigenvalue weighted by Gasteiger charge is 2.07. The molecular formula is C15H18ClN3OS. The number of halogens is 1. The van der Waals surface area contributed by atoms with Gasteiger partial charge in [0.05, 0.1) is 10.7 Å². The largest absolute Gasteiger partial charge is 0.397 e. The first kappa shape index (κ1) is 15.8. The van der Waals surface area contributed by atoms with Crippen molar-refractivity contribution in [1.29, 1.82) is 0 Å². The van der Waals surface area contributed by atoms with E-state index >= 15 is 0 Å². The van der Waals surface area contributed by atoms with Gasteiger partial charge in [0.2, 0.25) is 5.91 Å². The van der Waals surface area contributed by atoms with E-state index in [1.54, 1.807) is 29.5 Å². The summed E-state index contributed by atoms with van der Waals surface area (Å²) in [5.74, 6) is -0.0334. The highest BCUT2D eigenvalue weighted by molar-refractivity contribution is 7.07. The van der Waals surface area contributed by atoms with Crippen molar-refractivity contribution in [3.63, 3.8) is 0 Å². The summed E-state index contributed by atoms with van der Waals surface area (Å²) < 4.78 is 0. The van der Waals surface area contributed by atoms with Crippen LogP contribution in [0.4, 0.5) is 11.4 Å². The predicted octanol–water partition coefficient (Wildman–Crippen LogP) is 3.44. The van der Waals surface area contributed by atoms with Crippen LogP contribution < -0.4 is 11.1 Å². The predicted molar refractivity (Wildman–Crippen MR) is 89.8 cm³/mol. The van der Waals surface area contributed by atoms with Gasteiger partial charge in [-0.1, -0.05) is 11.6 Å². The molecule has 0 saturated carbocycles. The molecule has 0 spiro atoms. The van der Waals surface area contributed by atoms with Crippen LogP contribution in [0.25, 0.3) is 0 Å². The van der Waals surface area contributed by atoms with Gasteiger partial charge >= 0.3 is 0 Å². The first-order chi connectivity index (χ1) is 10.0. The molecule has 0 bridgehead atoms. The van der Waals surface area contributed by atoms with Crippen LogP contribution in [0.15, 0.2) is 35.0 Å². The van der Waals surface area contributed by atoms with Crippen LogP contribution in [0.2, 0.25) is 5.02 Å².